The highest BCUT2D eigenvalue weighted by Gasteiger charge is 2.30. The van der Waals surface area contributed by atoms with Gasteiger partial charge in [0, 0.05) is 5.56 Å². The lowest BCUT2D eigenvalue weighted by molar-refractivity contribution is 0.312. The zero-order chi connectivity index (χ0) is 11.7. The Hall–Kier alpha value is -0.260. The molecule has 0 fully saturated rings. The monoisotopic (exact) mass is 349 g/mol. The molecule has 5 heteroatoms. The second-order valence-electron chi connectivity index (χ2n) is 3.54. The predicted octanol–water partition coefficient (Wildman–Crippen LogP) is 3.26. The lowest BCUT2D eigenvalue weighted by Gasteiger charge is -2.13. The Morgan fingerprint density at radius 1 is 1.56 bits per heavy atom. The Bertz CT molecular complexity index is 409. The number of ether oxygens (including phenoxy) is 2. The van der Waals surface area contributed by atoms with Crippen LogP contribution in [0, 0.1) is 0 Å². The van der Waals surface area contributed by atoms with Crippen molar-refractivity contribution in [2.24, 2.45) is 0 Å². The summed E-state index contributed by atoms with van der Waals surface area (Å²) in [5.41, 5.74) is 1.13. The molecule has 1 heterocycles. The van der Waals surface area contributed by atoms with Crippen LogP contribution in [0.4, 0.5) is 0 Å². The van der Waals surface area contributed by atoms with Gasteiger partial charge in [0.05, 0.1) is 22.1 Å². The Labute approximate surface area is 112 Å². The van der Waals surface area contributed by atoms with Crippen LogP contribution in [0.3, 0.4) is 0 Å². The lowest BCUT2D eigenvalue weighted by Crippen LogP contribution is -2.22. The van der Waals surface area contributed by atoms with Crippen LogP contribution in [0.15, 0.2) is 15.0 Å². The maximum Gasteiger partial charge on any atom is 0.139 e. The second kappa shape index (κ2) is 4.94. The van der Waals surface area contributed by atoms with Gasteiger partial charge in [-0.05, 0) is 44.5 Å². The molecular weight excluding hydrogens is 338 g/mol. The quantitative estimate of drug-likeness (QED) is 0.907. The van der Waals surface area contributed by atoms with E-state index in [4.69, 9.17) is 9.47 Å². The standard InChI is InChI=1S/C11H13Br2NO2/c1-3-14-7-5-16-11-6(12)4-8(15-2)10(13)9(7)11/h4,7,14H,3,5H2,1-2H3. The van der Waals surface area contributed by atoms with Gasteiger partial charge in [-0.3, -0.25) is 0 Å². The molecule has 2 rings (SSSR count). The SMILES string of the molecule is CCNC1COc2c(Br)cc(OC)c(Br)c21. The molecule has 3 nitrogen and oxygen atoms in total. The third-order valence-corrected chi connectivity index (χ3v) is 3.99. The van der Waals surface area contributed by atoms with Gasteiger partial charge in [0.25, 0.3) is 0 Å². The smallest absolute Gasteiger partial charge is 0.139 e. The van der Waals surface area contributed by atoms with E-state index in [1.807, 2.05) is 6.07 Å². The summed E-state index contributed by atoms with van der Waals surface area (Å²) in [5, 5.41) is 3.39. The Balaban J connectivity index is 2.50. The third-order valence-electron chi connectivity index (χ3n) is 2.59. The minimum absolute atomic E-state index is 0.223. The maximum absolute atomic E-state index is 5.68. The molecule has 1 atom stereocenters. The number of methoxy groups -OCH3 is 1. The summed E-state index contributed by atoms with van der Waals surface area (Å²) in [7, 11) is 1.66. The molecule has 0 saturated heterocycles. The van der Waals surface area contributed by atoms with E-state index >= 15 is 0 Å². The first-order valence-electron chi connectivity index (χ1n) is 5.11. The number of nitrogens with one attached hydrogen (secondary N) is 1. The molecule has 0 bridgehead atoms. The third kappa shape index (κ3) is 1.96. The van der Waals surface area contributed by atoms with Crippen LogP contribution in [0.5, 0.6) is 11.5 Å². The first kappa shape index (κ1) is 12.2. The summed E-state index contributed by atoms with van der Waals surface area (Å²) >= 11 is 7.07. The molecule has 0 aliphatic carbocycles. The van der Waals surface area contributed by atoms with E-state index in [2.05, 4.69) is 44.1 Å². The van der Waals surface area contributed by atoms with Crippen molar-refractivity contribution in [1.29, 1.82) is 0 Å². The number of halogens is 2. The van der Waals surface area contributed by atoms with Crippen molar-refractivity contribution < 1.29 is 9.47 Å². The van der Waals surface area contributed by atoms with Crippen molar-refractivity contribution in [3.63, 3.8) is 0 Å². The van der Waals surface area contributed by atoms with E-state index < -0.39 is 0 Å². The predicted molar refractivity (Wildman–Crippen MR) is 70.3 cm³/mol. The topological polar surface area (TPSA) is 30.5 Å². The van der Waals surface area contributed by atoms with Crippen molar-refractivity contribution >= 4 is 31.9 Å². The van der Waals surface area contributed by atoms with Crippen LogP contribution < -0.4 is 14.8 Å². The van der Waals surface area contributed by atoms with E-state index in [1.54, 1.807) is 7.11 Å². The molecule has 1 aliphatic heterocycles. The molecule has 1 aliphatic rings. The number of benzene rings is 1. The number of hydrogen-bond donors (Lipinski definition) is 1. The molecule has 16 heavy (non-hydrogen) atoms. The van der Waals surface area contributed by atoms with Gasteiger partial charge in [0.2, 0.25) is 0 Å². The van der Waals surface area contributed by atoms with Gasteiger partial charge in [0.1, 0.15) is 18.1 Å². The van der Waals surface area contributed by atoms with Gasteiger partial charge in [-0.2, -0.15) is 0 Å². The van der Waals surface area contributed by atoms with Crippen LogP contribution in [0.2, 0.25) is 0 Å². The number of rotatable bonds is 3. The number of hydrogen-bond acceptors (Lipinski definition) is 3. The number of fused-ring (bicyclic) bond motifs is 1. The van der Waals surface area contributed by atoms with Gasteiger partial charge in [-0.1, -0.05) is 6.92 Å². The highest BCUT2D eigenvalue weighted by atomic mass is 79.9. The molecule has 0 aromatic heterocycles. The molecule has 1 N–H and O–H groups in total. The van der Waals surface area contributed by atoms with Crippen LogP contribution in [-0.2, 0) is 0 Å². The normalized spacial score (nSPS) is 18.1. The molecule has 0 saturated carbocycles. The van der Waals surface area contributed by atoms with Gasteiger partial charge in [-0.25, -0.2) is 0 Å². The van der Waals surface area contributed by atoms with E-state index in [1.165, 1.54) is 0 Å². The average Bonchev–Trinajstić information content (AvgIpc) is 2.68. The number of likely N-dealkylation sites (N-methyl/N-ethyl adjacent to an activating group) is 1. The Morgan fingerprint density at radius 3 is 2.94 bits per heavy atom. The molecule has 1 aromatic rings. The minimum atomic E-state index is 0.223. The Morgan fingerprint density at radius 2 is 2.31 bits per heavy atom. The average molecular weight is 351 g/mol. The first-order chi connectivity index (χ1) is 7.69. The lowest BCUT2D eigenvalue weighted by atomic mass is 10.1. The summed E-state index contributed by atoms with van der Waals surface area (Å²) in [6, 6.07) is 2.14. The maximum atomic E-state index is 5.68. The van der Waals surface area contributed by atoms with Crippen LogP contribution in [0.1, 0.15) is 18.5 Å². The molecule has 1 unspecified atom stereocenters. The molecular formula is C11H13Br2NO2. The summed E-state index contributed by atoms with van der Waals surface area (Å²) in [4.78, 5) is 0. The highest BCUT2D eigenvalue weighted by Crippen LogP contribution is 2.47. The van der Waals surface area contributed by atoms with Gasteiger partial charge >= 0.3 is 0 Å². The summed E-state index contributed by atoms with van der Waals surface area (Å²) in [6.45, 7) is 3.66. The van der Waals surface area contributed by atoms with Gasteiger partial charge in [-0.15, -0.1) is 0 Å². The van der Waals surface area contributed by atoms with Gasteiger partial charge in [0.15, 0.2) is 0 Å². The van der Waals surface area contributed by atoms with Gasteiger partial charge < -0.3 is 14.8 Å². The van der Waals surface area contributed by atoms with Crippen molar-refractivity contribution in [1.82, 2.24) is 5.32 Å². The first-order valence-corrected chi connectivity index (χ1v) is 6.69. The molecule has 0 amide bonds. The van der Waals surface area contributed by atoms with E-state index in [9.17, 15) is 0 Å². The van der Waals surface area contributed by atoms with E-state index in [0.29, 0.717) is 6.61 Å². The fourth-order valence-corrected chi connectivity index (χ4v) is 3.14. The molecule has 0 spiro atoms. The van der Waals surface area contributed by atoms with Crippen molar-refractivity contribution in [3.8, 4) is 11.5 Å². The molecule has 88 valence electrons. The van der Waals surface area contributed by atoms with Crippen LogP contribution >= 0.6 is 31.9 Å². The Kier molecular flexibility index (Phi) is 3.77. The second-order valence-corrected chi connectivity index (χ2v) is 5.19. The molecule has 0 radical (unpaired) electrons. The van der Waals surface area contributed by atoms with Crippen LogP contribution in [-0.4, -0.2) is 20.3 Å². The fourth-order valence-electron chi connectivity index (χ4n) is 1.87. The van der Waals surface area contributed by atoms with E-state index in [0.717, 1.165) is 32.6 Å². The van der Waals surface area contributed by atoms with Crippen LogP contribution in [0.25, 0.3) is 0 Å². The zero-order valence-electron chi connectivity index (χ0n) is 9.14. The highest BCUT2D eigenvalue weighted by molar-refractivity contribution is 9.11. The van der Waals surface area contributed by atoms with Crippen molar-refractivity contribution in [3.05, 3.63) is 20.6 Å². The molecule has 1 aromatic carbocycles. The minimum Gasteiger partial charge on any atom is -0.496 e. The summed E-state index contributed by atoms with van der Waals surface area (Å²) in [5.74, 6) is 1.72. The summed E-state index contributed by atoms with van der Waals surface area (Å²) in [6.07, 6.45) is 0. The summed E-state index contributed by atoms with van der Waals surface area (Å²) < 4.78 is 12.9. The van der Waals surface area contributed by atoms with Crippen molar-refractivity contribution in [2.45, 2.75) is 13.0 Å². The fraction of sp³-hybridized carbons (Fsp3) is 0.455. The largest absolute Gasteiger partial charge is 0.496 e. The van der Waals surface area contributed by atoms with E-state index in [-0.39, 0.29) is 6.04 Å². The zero-order valence-corrected chi connectivity index (χ0v) is 12.3. The van der Waals surface area contributed by atoms with Crippen molar-refractivity contribution in [2.75, 3.05) is 20.3 Å².